The number of nitrogens with one attached hydrogen (secondary N) is 1. The molecule has 1 N–H and O–H groups in total. The minimum Gasteiger partial charge on any atom is -0.347 e. The number of likely N-dealkylation sites (tertiary alicyclic amines) is 1. The second-order valence-electron chi connectivity index (χ2n) is 7.00. The number of aromatic nitrogens is 1. The predicted octanol–water partition coefficient (Wildman–Crippen LogP) is 3.74. The summed E-state index contributed by atoms with van der Waals surface area (Å²) in [6.45, 7) is 8.08. The lowest BCUT2D eigenvalue weighted by Crippen LogP contribution is -2.28. The molecule has 5 nitrogen and oxygen atoms in total. The lowest BCUT2D eigenvalue weighted by molar-refractivity contribution is 0.0792. The molecule has 1 aliphatic heterocycles. The predicted molar refractivity (Wildman–Crippen MR) is 104 cm³/mol. The smallest absolute Gasteiger partial charge is 0.263 e. The number of rotatable bonds is 5. The molecule has 3 rings (SSSR count). The van der Waals surface area contributed by atoms with Gasteiger partial charge in [0.25, 0.3) is 11.8 Å². The summed E-state index contributed by atoms with van der Waals surface area (Å²) in [5, 5.41) is 3.93. The molecule has 1 aromatic heterocycles. The van der Waals surface area contributed by atoms with Gasteiger partial charge in [-0.05, 0) is 37.5 Å². The molecule has 2 heterocycles. The molecule has 1 aliphatic rings. The fourth-order valence-corrected chi connectivity index (χ4v) is 4.04. The van der Waals surface area contributed by atoms with E-state index < -0.39 is 0 Å². The van der Waals surface area contributed by atoms with E-state index in [0.29, 0.717) is 22.9 Å². The van der Waals surface area contributed by atoms with Crippen LogP contribution in [-0.4, -0.2) is 34.8 Å². The normalized spacial score (nSPS) is 14.1. The van der Waals surface area contributed by atoms with Crippen LogP contribution in [0.5, 0.6) is 0 Å². The van der Waals surface area contributed by atoms with Crippen molar-refractivity contribution in [2.75, 3.05) is 13.1 Å². The highest BCUT2D eigenvalue weighted by Gasteiger charge is 2.20. The fraction of sp³-hybridized carbons (Fsp3) is 0.450. The number of hydrogen-bond donors (Lipinski definition) is 1. The molecule has 0 saturated carbocycles. The van der Waals surface area contributed by atoms with Gasteiger partial charge >= 0.3 is 0 Å². The zero-order valence-electron chi connectivity index (χ0n) is 15.5. The van der Waals surface area contributed by atoms with Gasteiger partial charge in [-0.15, -0.1) is 11.3 Å². The second kappa shape index (κ2) is 7.99. The van der Waals surface area contributed by atoms with Crippen LogP contribution < -0.4 is 5.32 Å². The van der Waals surface area contributed by atoms with E-state index >= 15 is 0 Å². The van der Waals surface area contributed by atoms with Crippen molar-refractivity contribution in [3.05, 3.63) is 51.0 Å². The molecule has 0 unspecified atom stereocenters. The Kier molecular flexibility index (Phi) is 5.71. The Balaban J connectivity index is 1.65. The van der Waals surface area contributed by atoms with Gasteiger partial charge in [-0.2, -0.15) is 0 Å². The average molecular weight is 372 g/mol. The number of benzene rings is 1. The first-order valence-corrected chi connectivity index (χ1v) is 9.91. The summed E-state index contributed by atoms with van der Waals surface area (Å²) in [6, 6.07) is 7.52. The molecule has 0 spiro atoms. The van der Waals surface area contributed by atoms with Crippen LogP contribution in [0, 0.1) is 6.92 Å². The van der Waals surface area contributed by atoms with Crippen molar-refractivity contribution in [1.82, 2.24) is 15.2 Å². The fourth-order valence-electron chi connectivity index (χ4n) is 3.05. The molecular formula is C20H25N3O2S. The highest BCUT2D eigenvalue weighted by molar-refractivity contribution is 7.13. The van der Waals surface area contributed by atoms with Gasteiger partial charge in [-0.3, -0.25) is 9.59 Å². The van der Waals surface area contributed by atoms with Crippen LogP contribution in [0.15, 0.2) is 24.3 Å². The largest absolute Gasteiger partial charge is 0.347 e. The highest BCUT2D eigenvalue weighted by atomic mass is 32.1. The van der Waals surface area contributed by atoms with Gasteiger partial charge in [-0.1, -0.05) is 26.0 Å². The summed E-state index contributed by atoms with van der Waals surface area (Å²) in [5.74, 6) is 0.284. The number of carbonyl (C=O) groups excluding carboxylic acids is 2. The van der Waals surface area contributed by atoms with Gasteiger partial charge in [0.1, 0.15) is 4.88 Å². The molecule has 138 valence electrons. The minimum absolute atomic E-state index is 0.0792. The summed E-state index contributed by atoms with van der Waals surface area (Å²) in [7, 11) is 0. The zero-order chi connectivity index (χ0) is 18.7. The number of aryl methyl sites for hydroxylation is 1. The summed E-state index contributed by atoms with van der Waals surface area (Å²) >= 11 is 1.45. The van der Waals surface area contributed by atoms with Crippen LogP contribution in [0.1, 0.15) is 68.9 Å². The van der Waals surface area contributed by atoms with E-state index in [1.165, 1.54) is 11.3 Å². The molecule has 26 heavy (non-hydrogen) atoms. The molecule has 0 atom stereocenters. The summed E-state index contributed by atoms with van der Waals surface area (Å²) in [5.41, 5.74) is 2.39. The SMILES string of the molecule is Cc1nc(C(C)C)sc1C(=O)NCc1cccc(C(=O)N2CCCC2)c1. The Bertz CT molecular complexity index is 807. The summed E-state index contributed by atoms with van der Waals surface area (Å²) in [4.78, 5) is 32.0. The lowest BCUT2D eigenvalue weighted by atomic mass is 10.1. The van der Waals surface area contributed by atoms with Crippen molar-refractivity contribution in [3.8, 4) is 0 Å². The van der Waals surface area contributed by atoms with Gasteiger partial charge in [0.2, 0.25) is 0 Å². The molecule has 6 heteroatoms. The molecule has 0 radical (unpaired) electrons. The van der Waals surface area contributed by atoms with Crippen LogP contribution in [0.2, 0.25) is 0 Å². The molecule has 1 aromatic carbocycles. The second-order valence-corrected chi connectivity index (χ2v) is 8.03. The third kappa shape index (κ3) is 4.12. The molecule has 0 bridgehead atoms. The highest BCUT2D eigenvalue weighted by Crippen LogP contribution is 2.24. The van der Waals surface area contributed by atoms with Gasteiger partial charge in [0, 0.05) is 31.1 Å². The van der Waals surface area contributed by atoms with Gasteiger partial charge in [-0.25, -0.2) is 4.98 Å². The molecular weight excluding hydrogens is 346 g/mol. The van der Waals surface area contributed by atoms with Gasteiger partial charge < -0.3 is 10.2 Å². The number of thiazole rings is 1. The first-order chi connectivity index (χ1) is 12.5. The van der Waals surface area contributed by atoms with Crippen LogP contribution in [0.25, 0.3) is 0 Å². The third-order valence-electron chi connectivity index (χ3n) is 4.53. The van der Waals surface area contributed by atoms with Crippen molar-refractivity contribution >= 4 is 23.2 Å². The third-order valence-corrected chi connectivity index (χ3v) is 5.99. The van der Waals surface area contributed by atoms with E-state index in [0.717, 1.165) is 42.2 Å². The molecule has 0 aliphatic carbocycles. The molecule has 2 amide bonds. The number of nitrogens with zero attached hydrogens (tertiary/aromatic N) is 2. The summed E-state index contributed by atoms with van der Waals surface area (Å²) in [6.07, 6.45) is 2.15. The van der Waals surface area contributed by atoms with E-state index in [-0.39, 0.29) is 11.8 Å². The Labute approximate surface area is 158 Å². The van der Waals surface area contributed by atoms with Crippen LogP contribution >= 0.6 is 11.3 Å². The monoisotopic (exact) mass is 371 g/mol. The number of amides is 2. The van der Waals surface area contributed by atoms with E-state index in [2.05, 4.69) is 24.1 Å². The zero-order valence-corrected chi connectivity index (χ0v) is 16.4. The first kappa shape index (κ1) is 18.6. The van der Waals surface area contributed by atoms with Crippen LogP contribution in [0.3, 0.4) is 0 Å². The van der Waals surface area contributed by atoms with E-state index in [1.807, 2.05) is 36.1 Å². The maximum Gasteiger partial charge on any atom is 0.263 e. The minimum atomic E-state index is -0.108. The van der Waals surface area contributed by atoms with Crippen molar-refractivity contribution in [2.24, 2.45) is 0 Å². The Morgan fingerprint density at radius 2 is 2.00 bits per heavy atom. The van der Waals surface area contributed by atoms with E-state index in [4.69, 9.17) is 0 Å². The standard InChI is InChI=1S/C20H25N3O2S/c1-13(2)19-22-14(3)17(26-19)18(24)21-12-15-7-6-8-16(11-15)20(25)23-9-4-5-10-23/h6-8,11,13H,4-5,9-10,12H2,1-3H3,(H,21,24). The van der Waals surface area contributed by atoms with Crippen molar-refractivity contribution in [2.45, 2.75) is 46.1 Å². The van der Waals surface area contributed by atoms with E-state index in [1.54, 1.807) is 0 Å². The molecule has 1 saturated heterocycles. The quantitative estimate of drug-likeness (QED) is 0.871. The maximum atomic E-state index is 12.5. The topological polar surface area (TPSA) is 62.3 Å². The van der Waals surface area contributed by atoms with E-state index in [9.17, 15) is 9.59 Å². The van der Waals surface area contributed by atoms with Crippen LogP contribution in [-0.2, 0) is 6.54 Å². The lowest BCUT2D eigenvalue weighted by Gasteiger charge is -2.15. The number of hydrogen-bond acceptors (Lipinski definition) is 4. The average Bonchev–Trinajstić information content (AvgIpc) is 3.29. The Morgan fingerprint density at radius 1 is 1.27 bits per heavy atom. The molecule has 2 aromatic rings. The maximum absolute atomic E-state index is 12.5. The Hall–Kier alpha value is -2.21. The molecule has 1 fully saturated rings. The first-order valence-electron chi connectivity index (χ1n) is 9.09. The Morgan fingerprint density at radius 3 is 2.65 bits per heavy atom. The van der Waals surface area contributed by atoms with Crippen molar-refractivity contribution in [3.63, 3.8) is 0 Å². The van der Waals surface area contributed by atoms with Gasteiger partial charge in [0.05, 0.1) is 10.7 Å². The van der Waals surface area contributed by atoms with Crippen LogP contribution in [0.4, 0.5) is 0 Å². The van der Waals surface area contributed by atoms with Crippen molar-refractivity contribution in [1.29, 1.82) is 0 Å². The number of carbonyl (C=O) groups is 2. The van der Waals surface area contributed by atoms with Gasteiger partial charge in [0.15, 0.2) is 0 Å². The van der Waals surface area contributed by atoms with Crippen molar-refractivity contribution < 1.29 is 9.59 Å². The summed E-state index contributed by atoms with van der Waals surface area (Å²) < 4.78 is 0.